The molecule has 0 unspecified atom stereocenters. The molecule has 2 aromatic carbocycles. The summed E-state index contributed by atoms with van der Waals surface area (Å²) >= 11 is 0. The predicted molar refractivity (Wildman–Crippen MR) is 97.3 cm³/mol. The zero-order valence-corrected chi connectivity index (χ0v) is 13.9. The standard InChI is InChI=1S/C21H24N2O/c24-21(23-16-18-11-5-2-6-12-18)19-13-7-8-14-20(19)22-15-17-9-3-1-4-10-17/h1-6,9-13,20,22H,7-8,14-16H2,(H,23,24)/t20-/m0/s1. The number of hydrogen-bond acceptors (Lipinski definition) is 2. The molecule has 3 nitrogen and oxygen atoms in total. The minimum absolute atomic E-state index is 0.0455. The zero-order chi connectivity index (χ0) is 16.6. The molecule has 1 aliphatic rings. The van der Waals surface area contributed by atoms with Crippen LogP contribution in [0.1, 0.15) is 30.4 Å². The van der Waals surface area contributed by atoms with Crippen molar-refractivity contribution in [2.75, 3.05) is 0 Å². The van der Waals surface area contributed by atoms with Crippen molar-refractivity contribution in [3.05, 3.63) is 83.4 Å². The quantitative estimate of drug-likeness (QED) is 0.854. The second-order valence-electron chi connectivity index (χ2n) is 6.18. The summed E-state index contributed by atoms with van der Waals surface area (Å²) in [4.78, 5) is 12.6. The SMILES string of the molecule is O=C(NCc1ccccc1)C1=CCCC[C@@H]1NCc1ccccc1. The summed E-state index contributed by atoms with van der Waals surface area (Å²) in [5.41, 5.74) is 3.25. The molecule has 3 heteroatoms. The van der Waals surface area contributed by atoms with Gasteiger partial charge in [0.1, 0.15) is 0 Å². The number of carbonyl (C=O) groups is 1. The molecule has 0 radical (unpaired) electrons. The number of allylic oxidation sites excluding steroid dienone is 1. The third-order valence-corrected chi connectivity index (χ3v) is 4.39. The molecule has 2 N–H and O–H groups in total. The summed E-state index contributed by atoms with van der Waals surface area (Å²) in [6.45, 7) is 1.36. The van der Waals surface area contributed by atoms with Crippen LogP contribution < -0.4 is 10.6 Å². The van der Waals surface area contributed by atoms with Crippen LogP contribution in [0, 0.1) is 0 Å². The van der Waals surface area contributed by atoms with Gasteiger partial charge >= 0.3 is 0 Å². The first-order chi connectivity index (χ1) is 11.8. The lowest BCUT2D eigenvalue weighted by Gasteiger charge is -2.25. The molecule has 124 valence electrons. The highest BCUT2D eigenvalue weighted by atomic mass is 16.1. The van der Waals surface area contributed by atoms with E-state index in [4.69, 9.17) is 0 Å². The summed E-state index contributed by atoms with van der Waals surface area (Å²) in [6.07, 6.45) is 5.21. The lowest BCUT2D eigenvalue weighted by Crippen LogP contribution is -2.39. The summed E-state index contributed by atoms with van der Waals surface area (Å²) in [7, 11) is 0. The third-order valence-electron chi connectivity index (χ3n) is 4.39. The lowest BCUT2D eigenvalue weighted by molar-refractivity contribution is -0.118. The largest absolute Gasteiger partial charge is 0.348 e. The van der Waals surface area contributed by atoms with Crippen molar-refractivity contribution in [3.8, 4) is 0 Å². The Kier molecular flexibility index (Phi) is 5.80. The van der Waals surface area contributed by atoms with Gasteiger partial charge in [-0.3, -0.25) is 4.79 Å². The molecule has 0 spiro atoms. The molecule has 0 saturated heterocycles. The van der Waals surface area contributed by atoms with Gasteiger partial charge in [0.05, 0.1) is 0 Å². The number of amides is 1. The Morgan fingerprint density at radius 3 is 2.21 bits per heavy atom. The van der Waals surface area contributed by atoms with Crippen molar-refractivity contribution in [3.63, 3.8) is 0 Å². The van der Waals surface area contributed by atoms with Crippen LogP contribution in [-0.2, 0) is 17.9 Å². The lowest BCUT2D eigenvalue weighted by atomic mass is 9.93. The maximum atomic E-state index is 12.6. The number of nitrogens with one attached hydrogen (secondary N) is 2. The van der Waals surface area contributed by atoms with Crippen LogP contribution >= 0.6 is 0 Å². The van der Waals surface area contributed by atoms with Crippen LogP contribution in [0.15, 0.2) is 72.3 Å². The van der Waals surface area contributed by atoms with Crippen molar-refractivity contribution in [1.82, 2.24) is 10.6 Å². The highest BCUT2D eigenvalue weighted by Gasteiger charge is 2.22. The molecule has 0 aliphatic heterocycles. The maximum absolute atomic E-state index is 12.6. The smallest absolute Gasteiger partial charge is 0.248 e. The van der Waals surface area contributed by atoms with Gasteiger partial charge in [0.2, 0.25) is 5.91 Å². The minimum atomic E-state index is 0.0455. The van der Waals surface area contributed by atoms with Crippen LogP contribution in [0.5, 0.6) is 0 Å². The van der Waals surface area contributed by atoms with E-state index in [0.717, 1.165) is 36.9 Å². The highest BCUT2D eigenvalue weighted by Crippen LogP contribution is 2.19. The molecule has 1 aliphatic carbocycles. The Labute approximate surface area is 143 Å². The topological polar surface area (TPSA) is 41.1 Å². The van der Waals surface area contributed by atoms with Crippen molar-refractivity contribution in [2.24, 2.45) is 0 Å². The van der Waals surface area contributed by atoms with Crippen molar-refractivity contribution in [1.29, 1.82) is 0 Å². The first-order valence-corrected chi connectivity index (χ1v) is 8.62. The molecule has 2 aromatic rings. The Morgan fingerprint density at radius 1 is 0.917 bits per heavy atom. The molecule has 1 amide bonds. The average molecular weight is 320 g/mol. The van der Waals surface area contributed by atoms with E-state index in [1.165, 1.54) is 5.56 Å². The summed E-state index contributed by atoms with van der Waals surface area (Å²) in [5.74, 6) is 0.0455. The Morgan fingerprint density at radius 2 is 1.54 bits per heavy atom. The van der Waals surface area contributed by atoms with Crippen molar-refractivity contribution < 1.29 is 4.79 Å². The number of benzene rings is 2. The molecule has 0 heterocycles. The molecule has 1 atom stereocenters. The van der Waals surface area contributed by atoms with E-state index >= 15 is 0 Å². The van der Waals surface area contributed by atoms with Gasteiger partial charge in [-0.15, -0.1) is 0 Å². The fourth-order valence-corrected chi connectivity index (χ4v) is 3.06. The van der Waals surface area contributed by atoms with E-state index in [1.54, 1.807) is 0 Å². The van der Waals surface area contributed by atoms with Crippen LogP contribution in [0.4, 0.5) is 0 Å². The molecule has 3 rings (SSSR count). The van der Waals surface area contributed by atoms with E-state index in [-0.39, 0.29) is 11.9 Å². The Balaban J connectivity index is 1.57. The molecule has 0 fully saturated rings. The predicted octanol–water partition coefficient (Wildman–Crippen LogP) is 3.57. The second kappa shape index (κ2) is 8.46. The Hall–Kier alpha value is -2.39. The third kappa shape index (κ3) is 4.56. The zero-order valence-electron chi connectivity index (χ0n) is 13.9. The van der Waals surface area contributed by atoms with E-state index in [1.807, 2.05) is 48.5 Å². The average Bonchev–Trinajstić information content (AvgIpc) is 2.66. The number of rotatable bonds is 6. The van der Waals surface area contributed by atoms with Crippen LogP contribution in [0.3, 0.4) is 0 Å². The monoisotopic (exact) mass is 320 g/mol. The van der Waals surface area contributed by atoms with E-state index in [9.17, 15) is 4.79 Å². The van der Waals surface area contributed by atoms with Gasteiger partial charge < -0.3 is 10.6 Å². The van der Waals surface area contributed by atoms with Crippen LogP contribution in [0.2, 0.25) is 0 Å². The fraction of sp³-hybridized carbons (Fsp3) is 0.286. The van der Waals surface area contributed by atoms with Crippen molar-refractivity contribution >= 4 is 5.91 Å². The summed E-state index contributed by atoms with van der Waals surface area (Å²) in [5, 5.41) is 6.59. The first-order valence-electron chi connectivity index (χ1n) is 8.62. The molecular weight excluding hydrogens is 296 g/mol. The number of hydrogen-bond donors (Lipinski definition) is 2. The molecule has 24 heavy (non-hydrogen) atoms. The van der Waals surface area contributed by atoms with E-state index < -0.39 is 0 Å². The van der Waals surface area contributed by atoms with Crippen molar-refractivity contribution in [2.45, 2.75) is 38.4 Å². The van der Waals surface area contributed by atoms with Gasteiger partial charge in [-0.2, -0.15) is 0 Å². The van der Waals surface area contributed by atoms with E-state index in [2.05, 4.69) is 28.8 Å². The normalized spacial score (nSPS) is 17.2. The molecule has 0 bridgehead atoms. The summed E-state index contributed by atoms with van der Waals surface area (Å²) in [6, 6.07) is 20.5. The van der Waals surface area contributed by atoms with E-state index in [0.29, 0.717) is 6.54 Å². The van der Waals surface area contributed by atoms with Gasteiger partial charge in [0, 0.05) is 24.7 Å². The molecule has 0 saturated carbocycles. The van der Waals surface area contributed by atoms with Gasteiger partial charge in [-0.05, 0) is 30.4 Å². The first kappa shape index (κ1) is 16.5. The minimum Gasteiger partial charge on any atom is -0.348 e. The molecule has 0 aromatic heterocycles. The molecular formula is C21H24N2O. The van der Waals surface area contributed by atoms with Crippen LogP contribution in [-0.4, -0.2) is 11.9 Å². The second-order valence-corrected chi connectivity index (χ2v) is 6.18. The number of carbonyl (C=O) groups excluding carboxylic acids is 1. The van der Waals surface area contributed by atoms with Crippen LogP contribution in [0.25, 0.3) is 0 Å². The summed E-state index contributed by atoms with van der Waals surface area (Å²) < 4.78 is 0. The van der Waals surface area contributed by atoms with Gasteiger partial charge in [-0.1, -0.05) is 66.7 Å². The van der Waals surface area contributed by atoms with Gasteiger partial charge in [0.15, 0.2) is 0 Å². The fourth-order valence-electron chi connectivity index (χ4n) is 3.06. The van der Waals surface area contributed by atoms with Gasteiger partial charge in [0.25, 0.3) is 0 Å². The maximum Gasteiger partial charge on any atom is 0.248 e. The highest BCUT2D eigenvalue weighted by molar-refractivity contribution is 5.94. The van der Waals surface area contributed by atoms with Gasteiger partial charge in [-0.25, -0.2) is 0 Å². The Bertz CT molecular complexity index is 679.